The highest BCUT2D eigenvalue weighted by atomic mass is 16.5. The second-order valence-electron chi connectivity index (χ2n) is 4.57. The highest BCUT2D eigenvalue weighted by Crippen LogP contribution is 2.33. The Bertz CT molecular complexity index is 745. The number of aryl methyl sites for hydroxylation is 1. The molecule has 3 rings (SSSR count). The third-order valence-electron chi connectivity index (χ3n) is 3.33. The molecule has 0 spiro atoms. The molecule has 0 saturated carbocycles. The van der Waals surface area contributed by atoms with E-state index >= 15 is 0 Å². The van der Waals surface area contributed by atoms with Gasteiger partial charge in [0.2, 0.25) is 0 Å². The van der Waals surface area contributed by atoms with Gasteiger partial charge in [0.05, 0.1) is 11.9 Å². The number of fused-ring (bicyclic) bond motifs is 1. The molecule has 104 valence electrons. The molecule has 0 radical (unpaired) electrons. The fourth-order valence-electron chi connectivity index (χ4n) is 2.08. The van der Waals surface area contributed by atoms with E-state index in [9.17, 15) is 0 Å². The van der Waals surface area contributed by atoms with Crippen molar-refractivity contribution in [1.82, 2.24) is 14.8 Å². The van der Waals surface area contributed by atoms with Crippen LogP contribution in [-0.4, -0.2) is 14.8 Å². The van der Waals surface area contributed by atoms with Gasteiger partial charge in [0.15, 0.2) is 17.3 Å². The van der Waals surface area contributed by atoms with Crippen LogP contribution in [0.25, 0.3) is 11.0 Å². The number of para-hydroxylation sites is 1. The predicted octanol–water partition coefficient (Wildman–Crippen LogP) is 1.91. The maximum Gasteiger partial charge on any atom is 0.170 e. The van der Waals surface area contributed by atoms with Gasteiger partial charge < -0.3 is 19.5 Å². The lowest BCUT2D eigenvalue weighted by molar-refractivity contribution is 0.285. The van der Waals surface area contributed by atoms with Crippen LogP contribution in [0.3, 0.4) is 0 Å². The minimum Gasteiger partial charge on any atom is -0.481 e. The van der Waals surface area contributed by atoms with Crippen LogP contribution in [-0.2, 0) is 20.2 Å². The molecule has 3 aromatic rings. The zero-order valence-electron chi connectivity index (χ0n) is 11.5. The van der Waals surface area contributed by atoms with Crippen molar-refractivity contribution in [3.63, 3.8) is 0 Å². The topological polar surface area (TPSA) is 79.1 Å². The van der Waals surface area contributed by atoms with E-state index in [4.69, 9.17) is 14.9 Å². The van der Waals surface area contributed by atoms with Crippen LogP contribution in [0.4, 0.5) is 0 Å². The van der Waals surface area contributed by atoms with Gasteiger partial charge in [-0.1, -0.05) is 12.1 Å². The van der Waals surface area contributed by atoms with Crippen molar-refractivity contribution in [3.05, 3.63) is 41.7 Å². The highest BCUT2D eigenvalue weighted by Gasteiger charge is 2.15. The number of rotatable bonds is 4. The minimum atomic E-state index is 0.294. The second kappa shape index (κ2) is 4.97. The van der Waals surface area contributed by atoms with E-state index in [1.165, 1.54) is 0 Å². The number of furan rings is 1. The predicted molar refractivity (Wildman–Crippen MR) is 74.2 cm³/mol. The standard InChI is InChI=1S/C14H16N4O2/c1-9-16-17-13(18(9)2)8-19-14-10-5-3-4-6-11(10)20-12(14)7-15/h3-6H,7-8,15H2,1-2H3. The summed E-state index contributed by atoms with van der Waals surface area (Å²) in [5, 5.41) is 9.01. The van der Waals surface area contributed by atoms with E-state index in [1.807, 2.05) is 42.8 Å². The molecule has 0 aliphatic carbocycles. The van der Waals surface area contributed by atoms with E-state index in [0.717, 1.165) is 22.6 Å². The Morgan fingerprint density at radius 1 is 1.30 bits per heavy atom. The van der Waals surface area contributed by atoms with Gasteiger partial charge in [0.1, 0.15) is 18.0 Å². The van der Waals surface area contributed by atoms with Crippen molar-refractivity contribution < 1.29 is 9.15 Å². The maximum absolute atomic E-state index is 5.86. The van der Waals surface area contributed by atoms with Crippen LogP contribution < -0.4 is 10.5 Å². The number of hydrogen-bond acceptors (Lipinski definition) is 5. The quantitative estimate of drug-likeness (QED) is 0.784. The SMILES string of the molecule is Cc1nnc(COc2c(CN)oc3ccccc23)n1C. The highest BCUT2D eigenvalue weighted by molar-refractivity contribution is 5.85. The smallest absolute Gasteiger partial charge is 0.170 e. The van der Waals surface area contributed by atoms with Crippen molar-refractivity contribution in [2.75, 3.05) is 0 Å². The van der Waals surface area contributed by atoms with E-state index in [2.05, 4.69) is 10.2 Å². The Morgan fingerprint density at radius 2 is 2.10 bits per heavy atom. The molecule has 0 saturated heterocycles. The summed E-state index contributed by atoms with van der Waals surface area (Å²) in [6.45, 7) is 2.52. The molecule has 2 N–H and O–H groups in total. The number of aromatic nitrogens is 3. The molecule has 0 amide bonds. The fraction of sp³-hybridized carbons (Fsp3) is 0.286. The van der Waals surface area contributed by atoms with Gasteiger partial charge >= 0.3 is 0 Å². The first-order chi connectivity index (χ1) is 9.70. The molecule has 0 atom stereocenters. The van der Waals surface area contributed by atoms with Crippen molar-refractivity contribution in [2.45, 2.75) is 20.1 Å². The van der Waals surface area contributed by atoms with E-state index in [1.54, 1.807) is 0 Å². The largest absolute Gasteiger partial charge is 0.481 e. The Morgan fingerprint density at radius 3 is 2.80 bits per heavy atom. The van der Waals surface area contributed by atoms with Gasteiger partial charge in [-0.05, 0) is 19.1 Å². The number of hydrogen-bond donors (Lipinski definition) is 1. The van der Waals surface area contributed by atoms with Gasteiger partial charge in [-0.25, -0.2) is 0 Å². The summed E-state index contributed by atoms with van der Waals surface area (Å²) in [5.41, 5.74) is 6.49. The summed E-state index contributed by atoms with van der Waals surface area (Å²) in [7, 11) is 1.91. The first-order valence-corrected chi connectivity index (χ1v) is 6.39. The molecule has 0 bridgehead atoms. The third-order valence-corrected chi connectivity index (χ3v) is 3.33. The van der Waals surface area contributed by atoms with Gasteiger partial charge in [-0.15, -0.1) is 10.2 Å². The van der Waals surface area contributed by atoms with Crippen LogP contribution >= 0.6 is 0 Å². The fourth-order valence-corrected chi connectivity index (χ4v) is 2.08. The maximum atomic E-state index is 5.86. The Balaban J connectivity index is 1.92. The minimum absolute atomic E-state index is 0.294. The molecule has 0 fully saturated rings. The molecule has 20 heavy (non-hydrogen) atoms. The van der Waals surface area contributed by atoms with Crippen LogP contribution in [0.5, 0.6) is 5.75 Å². The number of benzene rings is 1. The third kappa shape index (κ3) is 2.04. The number of nitrogens with two attached hydrogens (primary N) is 1. The van der Waals surface area contributed by atoms with Crippen LogP contribution in [0.2, 0.25) is 0 Å². The summed E-state index contributed by atoms with van der Waals surface area (Å²) in [4.78, 5) is 0. The molecule has 2 heterocycles. The summed E-state index contributed by atoms with van der Waals surface area (Å²) in [6, 6.07) is 7.71. The van der Waals surface area contributed by atoms with Crippen LogP contribution in [0.15, 0.2) is 28.7 Å². The van der Waals surface area contributed by atoms with E-state index < -0.39 is 0 Å². The zero-order valence-corrected chi connectivity index (χ0v) is 11.5. The van der Waals surface area contributed by atoms with E-state index in [-0.39, 0.29) is 0 Å². The van der Waals surface area contributed by atoms with Gasteiger partial charge in [0.25, 0.3) is 0 Å². The van der Waals surface area contributed by atoms with Gasteiger partial charge in [0, 0.05) is 7.05 Å². The average molecular weight is 272 g/mol. The number of nitrogens with zero attached hydrogens (tertiary/aromatic N) is 3. The molecule has 0 aliphatic rings. The Labute approximate surface area is 116 Å². The van der Waals surface area contributed by atoms with Crippen LogP contribution in [0, 0.1) is 6.92 Å². The van der Waals surface area contributed by atoms with Gasteiger partial charge in [-0.2, -0.15) is 0 Å². The molecule has 2 aromatic heterocycles. The van der Waals surface area contributed by atoms with Gasteiger partial charge in [-0.3, -0.25) is 0 Å². The van der Waals surface area contributed by atoms with Crippen molar-refractivity contribution in [3.8, 4) is 5.75 Å². The lowest BCUT2D eigenvalue weighted by atomic mass is 10.2. The summed E-state index contributed by atoms with van der Waals surface area (Å²) < 4.78 is 13.4. The Kier molecular flexibility index (Phi) is 3.15. The molecule has 0 unspecified atom stereocenters. The van der Waals surface area contributed by atoms with Crippen molar-refractivity contribution >= 4 is 11.0 Å². The summed E-state index contributed by atoms with van der Waals surface area (Å²) >= 11 is 0. The lowest BCUT2D eigenvalue weighted by Gasteiger charge is -2.06. The monoisotopic (exact) mass is 272 g/mol. The molecular formula is C14H16N4O2. The first kappa shape index (κ1) is 12.7. The second-order valence-corrected chi connectivity index (χ2v) is 4.57. The molecule has 0 aliphatic heterocycles. The normalized spacial score (nSPS) is 11.2. The van der Waals surface area contributed by atoms with E-state index in [0.29, 0.717) is 24.7 Å². The number of ether oxygens (including phenoxy) is 1. The molecule has 6 heteroatoms. The first-order valence-electron chi connectivity index (χ1n) is 6.39. The van der Waals surface area contributed by atoms with Crippen molar-refractivity contribution in [1.29, 1.82) is 0 Å². The lowest BCUT2D eigenvalue weighted by Crippen LogP contribution is -2.06. The van der Waals surface area contributed by atoms with Crippen molar-refractivity contribution in [2.24, 2.45) is 12.8 Å². The Hall–Kier alpha value is -2.34. The summed E-state index contributed by atoms with van der Waals surface area (Å²) in [5.74, 6) is 2.93. The summed E-state index contributed by atoms with van der Waals surface area (Å²) in [6.07, 6.45) is 0. The molecule has 1 aromatic carbocycles. The van der Waals surface area contributed by atoms with Crippen LogP contribution in [0.1, 0.15) is 17.4 Å². The molecular weight excluding hydrogens is 256 g/mol. The average Bonchev–Trinajstić information content (AvgIpc) is 2.98. The zero-order chi connectivity index (χ0) is 14.1. The molecule has 6 nitrogen and oxygen atoms in total.